The number of aromatic nitrogens is 4. The Morgan fingerprint density at radius 2 is 1.94 bits per heavy atom. The Morgan fingerprint density at radius 3 is 2.61 bits per heavy atom. The minimum Gasteiger partial charge on any atom is -0.344 e. The van der Waals surface area contributed by atoms with E-state index in [1.165, 1.54) is 27.6 Å². The molecule has 0 fully saturated rings. The molecule has 1 N–H and O–H groups in total. The molecule has 1 unspecified atom stereocenters. The van der Waals surface area contributed by atoms with Crippen molar-refractivity contribution in [2.45, 2.75) is 36.6 Å². The molecule has 4 aromatic rings. The first-order valence-corrected chi connectivity index (χ1v) is 12.3. The van der Waals surface area contributed by atoms with Crippen molar-refractivity contribution in [1.29, 1.82) is 0 Å². The number of hydrogen-bond acceptors (Lipinski definition) is 8. The molecule has 10 heteroatoms. The predicted molar refractivity (Wildman–Crippen MR) is 125 cm³/mol. The summed E-state index contributed by atoms with van der Waals surface area (Å²) in [4.78, 5) is 26.9. The van der Waals surface area contributed by atoms with Crippen molar-refractivity contribution in [3.63, 3.8) is 0 Å². The number of thioether (sulfide) groups is 1. The van der Waals surface area contributed by atoms with Gasteiger partial charge in [-0.1, -0.05) is 80.3 Å². The summed E-state index contributed by atoms with van der Waals surface area (Å²) in [6, 6.07) is 13.7. The summed E-state index contributed by atoms with van der Waals surface area (Å²) >= 11 is 4.14. The molecule has 1 amide bonds. The summed E-state index contributed by atoms with van der Waals surface area (Å²) in [6.07, 6.45) is 0. The summed E-state index contributed by atoms with van der Waals surface area (Å²) in [6.45, 7) is 5.73. The van der Waals surface area contributed by atoms with Crippen LogP contribution in [0, 0.1) is 0 Å². The molecule has 3 aromatic heterocycles. The summed E-state index contributed by atoms with van der Waals surface area (Å²) in [5.41, 5.74) is 0.703. The lowest BCUT2D eigenvalue weighted by molar-refractivity contribution is -0.119. The van der Waals surface area contributed by atoms with Crippen molar-refractivity contribution in [1.82, 2.24) is 25.1 Å². The SMILES string of the molecule is CC(C)(C)c1nnc2sc(SCC(=O)NC(c3ccccc3)c3cccs3)nn2c1=O. The van der Waals surface area contributed by atoms with E-state index in [9.17, 15) is 9.59 Å². The number of benzene rings is 1. The molecule has 3 heterocycles. The molecule has 1 atom stereocenters. The third-order valence-electron chi connectivity index (χ3n) is 4.48. The number of nitrogens with one attached hydrogen (secondary N) is 1. The van der Waals surface area contributed by atoms with Crippen LogP contribution in [0.25, 0.3) is 4.96 Å². The fourth-order valence-corrected chi connectivity index (χ4v) is 5.46. The van der Waals surface area contributed by atoms with Crippen LogP contribution in [0.3, 0.4) is 0 Å². The van der Waals surface area contributed by atoms with E-state index < -0.39 is 5.41 Å². The number of thiophene rings is 1. The lowest BCUT2D eigenvalue weighted by Crippen LogP contribution is -2.30. The Bertz CT molecular complexity index is 1240. The van der Waals surface area contributed by atoms with Gasteiger partial charge in [-0.25, -0.2) is 0 Å². The lowest BCUT2D eigenvalue weighted by Gasteiger charge is -2.17. The first kappa shape index (κ1) is 21.7. The number of nitrogens with zero attached hydrogens (tertiary/aromatic N) is 4. The van der Waals surface area contributed by atoms with Crippen molar-refractivity contribution in [2.75, 3.05) is 5.75 Å². The molecule has 0 bridgehead atoms. The highest BCUT2D eigenvalue weighted by atomic mass is 32.2. The van der Waals surface area contributed by atoms with Crippen LogP contribution in [-0.2, 0) is 10.2 Å². The number of amides is 1. The van der Waals surface area contributed by atoms with Gasteiger partial charge in [-0.05, 0) is 17.0 Å². The maximum Gasteiger partial charge on any atom is 0.297 e. The molecule has 0 aliphatic carbocycles. The van der Waals surface area contributed by atoms with E-state index >= 15 is 0 Å². The standard InChI is InChI=1S/C21H21N5O2S3/c1-21(2,3)17-18(28)26-19(24-23-17)31-20(25-26)30-12-15(27)22-16(14-10-7-11-29-14)13-8-5-4-6-9-13/h4-11,16H,12H2,1-3H3,(H,22,27). The van der Waals surface area contributed by atoms with Crippen LogP contribution in [0.4, 0.5) is 0 Å². The molecule has 0 spiro atoms. The van der Waals surface area contributed by atoms with Gasteiger partial charge >= 0.3 is 0 Å². The van der Waals surface area contributed by atoms with E-state index in [1.54, 1.807) is 11.3 Å². The van der Waals surface area contributed by atoms with Gasteiger partial charge in [0, 0.05) is 10.3 Å². The maximum atomic E-state index is 12.7. The number of rotatable bonds is 6. The first-order chi connectivity index (χ1) is 14.8. The largest absolute Gasteiger partial charge is 0.344 e. The van der Waals surface area contributed by atoms with Gasteiger partial charge < -0.3 is 5.32 Å². The summed E-state index contributed by atoms with van der Waals surface area (Å²) in [7, 11) is 0. The van der Waals surface area contributed by atoms with E-state index in [-0.39, 0.29) is 23.3 Å². The molecule has 0 saturated heterocycles. The van der Waals surface area contributed by atoms with Crippen molar-refractivity contribution in [3.05, 3.63) is 74.3 Å². The van der Waals surface area contributed by atoms with E-state index in [1.807, 2.05) is 68.6 Å². The van der Waals surface area contributed by atoms with E-state index in [4.69, 9.17) is 0 Å². The van der Waals surface area contributed by atoms with Gasteiger partial charge in [-0.15, -0.1) is 26.6 Å². The zero-order valence-corrected chi connectivity index (χ0v) is 19.7. The second kappa shape index (κ2) is 8.89. The minimum atomic E-state index is -0.420. The molecule has 0 radical (unpaired) electrons. The van der Waals surface area contributed by atoms with Crippen molar-refractivity contribution in [2.24, 2.45) is 0 Å². The quantitative estimate of drug-likeness (QED) is 0.429. The van der Waals surface area contributed by atoms with Crippen LogP contribution in [0.2, 0.25) is 0 Å². The Labute approximate surface area is 191 Å². The van der Waals surface area contributed by atoms with E-state index in [0.29, 0.717) is 15.0 Å². The monoisotopic (exact) mass is 471 g/mol. The fraction of sp³-hybridized carbons (Fsp3) is 0.286. The molecule has 0 saturated carbocycles. The van der Waals surface area contributed by atoms with E-state index in [0.717, 1.165) is 10.4 Å². The van der Waals surface area contributed by atoms with Crippen LogP contribution in [0.1, 0.15) is 42.9 Å². The maximum absolute atomic E-state index is 12.7. The van der Waals surface area contributed by atoms with Gasteiger partial charge in [0.05, 0.1) is 11.8 Å². The third kappa shape index (κ3) is 4.86. The van der Waals surface area contributed by atoms with Crippen LogP contribution in [0.5, 0.6) is 0 Å². The highest BCUT2D eigenvalue weighted by Crippen LogP contribution is 2.27. The van der Waals surface area contributed by atoms with Crippen LogP contribution < -0.4 is 10.9 Å². The summed E-state index contributed by atoms with van der Waals surface area (Å²) < 4.78 is 1.87. The van der Waals surface area contributed by atoms with Gasteiger partial charge in [0.15, 0.2) is 4.34 Å². The Hall–Kier alpha value is -2.56. The second-order valence-corrected chi connectivity index (χ2v) is 11.0. The smallest absolute Gasteiger partial charge is 0.297 e. The van der Waals surface area contributed by atoms with Gasteiger partial charge in [0.2, 0.25) is 10.9 Å². The molecule has 160 valence electrons. The van der Waals surface area contributed by atoms with Crippen molar-refractivity contribution in [3.8, 4) is 0 Å². The zero-order chi connectivity index (χ0) is 22.0. The number of hydrogen-bond donors (Lipinski definition) is 1. The lowest BCUT2D eigenvalue weighted by atomic mass is 9.93. The average molecular weight is 472 g/mol. The Balaban J connectivity index is 1.48. The third-order valence-corrected chi connectivity index (χ3v) is 7.44. The average Bonchev–Trinajstić information content (AvgIpc) is 3.40. The number of fused-ring (bicyclic) bond motifs is 1. The predicted octanol–water partition coefficient (Wildman–Crippen LogP) is 3.90. The van der Waals surface area contributed by atoms with Crippen molar-refractivity contribution < 1.29 is 4.79 Å². The minimum absolute atomic E-state index is 0.111. The molecule has 31 heavy (non-hydrogen) atoms. The molecule has 4 rings (SSSR count). The summed E-state index contributed by atoms with van der Waals surface area (Å²) in [5.74, 6) is 0.0726. The molecule has 1 aromatic carbocycles. The fourth-order valence-electron chi connectivity index (χ4n) is 2.98. The van der Waals surface area contributed by atoms with Gasteiger partial charge in [-0.2, -0.15) is 4.52 Å². The first-order valence-electron chi connectivity index (χ1n) is 9.60. The molecule has 7 nitrogen and oxygen atoms in total. The second-order valence-electron chi connectivity index (χ2n) is 7.88. The molecular formula is C21H21N5O2S3. The normalized spacial score (nSPS) is 12.7. The van der Waals surface area contributed by atoms with E-state index in [2.05, 4.69) is 20.6 Å². The number of carbonyl (C=O) groups excluding carboxylic acids is 1. The van der Waals surface area contributed by atoms with Gasteiger partial charge in [0.1, 0.15) is 5.69 Å². The molecule has 0 aliphatic heterocycles. The topological polar surface area (TPSA) is 89.2 Å². The van der Waals surface area contributed by atoms with Crippen LogP contribution in [0.15, 0.2) is 57.0 Å². The van der Waals surface area contributed by atoms with Gasteiger partial charge in [0.25, 0.3) is 5.56 Å². The zero-order valence-electron chi connectivity index (χ0n) is 17.2. The van der Waals surface area contributed by atoms with Gasteiger partial charge in [-0.3, -0.25) is 9.59 Å². The molecule has 0 aliphatic rings. The summed E-state index contributed by atoms with van der Waals surface area (Å²) in [5, 5.41) is 17.7. The Morgan fingerprint density at radius 1 is 1.16 bits per heavy atom. The number of carbonyl (C=O) groups is 1. The highest BCUT2D eigenvalue weighted by molar-refractivity contribution is 8.01. The Kier molecular flexibility index (Phi) is 6.22. The van der Waals surface area contributed by atoms with Crippen molar-refractivity contribution >= 4 is 45.3 Å². The molecular weight excluding hydrogens is 450 g/mol. The highest BCUT2D eigenvalue weighted by Gasteiger charge is 2.23. The van der Waals surface area contributed by atoms with Crippen LogP contribution >= 0.6 is 34.4 Å². The van der Waals surface area contributed by atoms with Crippen LogP contribution in [-0.4, -0.2) is 31.5 Å².